The second-order valence-corrected chi connectivity index (χ2v) is 8.92. The largest absolute Gasteiger partial charge is 0.586 e. The van der Waals surface area contributed by atoms with Crippen molar-refractivity contribution in [2.24, 2.45) is 0 Å². The third-order valence-electron chi connectivity index (χ3n) is 4.36. The maximum absolute atomic E-state index is 14.4. The Balaban J connectivity index is 1.96. The molecule has 0 fully saturated rings. The highest BCUT2D eigenvalue weighted by molar-refractivity contribution is 7.85. The molecule has 0 unspecified atom stereocenters. The van der Waals surface area contributed by atoms with E-state index < -0.39 is 13.4 Å². The molecule has 1 heterocycles. The van der Waals surface area contributed by atoms with Crippen molar-refractivity contribution >= 4 is 23.1 Å². The molecule has 0 aliphatic carbocycles. The van der Waals surface area contributed by atoms with E-state index in [4.69, 9.17) is 4.74 Å². The minimum Gasteiger partial charge on any atom is -0.490 e. The van der Waals surface area contributed by atoms with Crippen LogP contribution in [0.5, 0.6) is 17.2 Å². The second-order valence-electron chi connectivity index (χ2n) is 6.15. The first-order chi connectivity index (χ1) is 13.4. The van der Waals surface area contributed by atoms with Gasteiger partial charge in [0.15, 0.2) is 18.6 Å². The molecule has 0 amide bonds. The van der Waals surface area contributed by atoms with Gasteiger partial charge in [0.1, 0.15) is 0 Å². The monoisotopic (exact) mass is 402 g/mol. The van der Waals surface area contributed by atoms with E-state index in [1.165, 1.54) is 12.1 Å². The van der Waals surface area contributed by atoms with Crippen LogP contribution in [0.25, 0.3) is 0 Å². The average molecular weight is 402 g/mol. The normalized spacial score (nSPS) is 14.7. The van der Waals surface area contributed by atoms with Crippen LogP contribution in [0, 0.1) is 0 Å². The Labute approximate surface area is 161 Å². The van der Waals surface area contributed by atoms with Crippen LogP contribution in [0.3, 0.4) is 0 Å². The lowest BCUT2D eigenvalue weighted by Gasteiger charge is -2.21. The van der Waals surface area contributed by atoms with Crippen LogP contribution in [-0.4, -0.2) is 12.9 Å². The average Bonchev–Trinajstić information content (AvgIpc) is 3.03. The molecule has 0 saturated carbocycles. The molecular formula is C21H17F2O4P. The SMILES string of the molecule is CCOc1cc(P(=O)(c2ccccc2)c2ccccc2)cc2c1OC(F)(F)O2. The molecule has 0 spiro atoms. The minimum atomic E-state index is -3.80. The number of hydrogen-bond donors (Lipinski definition) is 0. The molecule has 144 valence electrons. The van der Waals surface area contributed by atoms with Gasteiger partial charge in [0, 0.05) is 15.9 Å². The number of halogens is 2. The highest BCUT2D eigenvalue weighted by Gasteiger charge is 2.46. The van der Waals surface area contributed by atoms with Crippen LogP contribution in [-0.2, 0) is 4.57 Å². The lowest BCUT2D eigenvalue weighted by Crippen LogP contribution is -2.26. The number of hydrogen-bond acceptors (Lipinski definition) is 4. The quantitative estimate of drug-likeness (QED) is 0.604. The van der Waals surface area contributed by atoms with Gasteiger partial charge in [-0.05, 0) is 19.1 Å². The third kappa shape index (κ3) is 3.14. The molecule has 4 rings (SSSR count). The molecule has 0 aromatic heterocycles. The first-order valence-corrected chi connectivity index (χ1v) is 10.4. The summed E-state index contributed by atoms with van der Waals surface area (Å²) in [6, 6.07) is 20.7. The fraction of sp³-hybridized carbons (Fsp3) is 0.143. The molecule has 28 heavy (non-hydrogen) atoms. The van der Waals surface area contributed by atoms with Gasteiger partial charge in [-0.3, -0.25) is 0 Å². The van der Waals surface area contributed by atoms with E-state index in [0.29, 0.717) is 15.9 Å². The molecule has 0 radical (unpaired) electrons. The molecule has 1 aliphatic rings. The zero-order chi connectivity index (χ0) is 19.8. The van der Waals surface area contributed by atoms with Gasteiger partial charge in [0.25, 0.3) is 0 Å². The van der Waals surface area contributed by atoms with Crippen molar-refractivity contribution in [3.63, 3.8) is 0 Å². The van der Waals surface area contributed by atoms with Crippen LogP contribution in [0.4, 0.5) is 8.78 Å². The van der Waals surface area contributed by atoms with Crippen molar-refractivity contribution in [3.05, 3.63) is 72.8 Å². The van der Waals surface area contributed by atoms with Crippen LogP contribution in [0.15, 0.2) is 72.8 Å². The van der Waals surface area contributed by atoms with Gasteiger partial charge in [-0.2, -0.15) is 0 Å². The van der Waals surface area contributed by atoms with E-state index in [1.54, 1.807) is 55.5 Å². The summed E-state index contributed by atoms with van der Waals surface area (Å²) in [5, 5.41) is 1.48. The fourth-order valence-corrected chi connectivity index (χ4v) is 5.85. The van der Waals surface area contributed by atoms with Gasteiger partial charge in [-0.1, -0.05) is 60.7 Å². The van der Waals surface area contributed by atoms with E-state index in [2.05, 4.69) is 9.47 Å². The van der Waals surface area contributed by atoms with Crippen LogP contribution < -0.4 is 30.1 Å². The molecule has 7 heteroatoms. The number of fused-ring (bicyclic) bond motifs is 1. The Kier molecular flexibility index (Phi) is 4.60. The van der Waals surface area contributed by atoms with Crippen molar-refractivity contribution in [2.45, 2.75) is 13.2 Å². The molecule has 0 bridgehead atoms. The lowest BCUT2D eigenvalue weighted by atomic mass is 10.3. The van der Waals surface area contributed by atoms with Gasteiger partial charge in [0.05, 0.1) is 6.61 Å². The summed E-state index contributed by atoms with van der Waals surface area (Å²) in [5.41, 5.74) is 0. The molecule has 4 nitrogen and oxygen atoms in total. The highest BCUT2D eigenvalue weighted by atomic mass is 31.2. The zero-order valence-corrected chi connectivity index (χ0v) is 15.9. The van der Waals surface area contributed by atoms with Crippen molar-refractivity contribution in [1.82, 2.24) is 0 Å². The summed E-state index contributed by atoms with van der Waals surface area (Å²) in [7, 11) is -3.36. The summed E-state index contributed by atoms with van der Waals surface area (Å²) < 4.78 is 56.4. The molecule has 0 N–H and O–H groups in total. The number of ether oxygens (including phenoxy) is 3. The first kappa shape index (κ1) is 18.5. The van der Waals surface area contributed by atoms with E-state index in [9.17, 15) is 13.3 Å². The standard InChI is InChI=1S/C21H17F2O4P/c1-2-25-18-13-17(14-19-20(18)27-21(22,23)26-19)28(24,15-9-5-3-6-10-15)16-11-7-4-8-12-16/h3-14H,2H2,1H3. The van der Waals surface area contributed by atoms with Gasteiger partial charge < -0.3 is 18.8 Å². The Bertz CT molecular complexity index is 996. The summed E-state index contributed by atoms with van der Waals surface area (Å²) in [5.74, 6) is -0.319. The molecule has 0 saturated heterocycles. The Hall–Kier alpha value is -2.85. The van der Waals surface area contributed by atoms with Gasteiger partial charge >= 0.3 is 6.29 Å². The predicted octanol–water partition coefficient (Wildman–Crippen LogP) is 4.05. The van der Waals surface area contributed by atoms with E-state index in [-0.39, 0.29) is 23.9 Å². The van der Waals surface area contributed by atoms with Crippen LogP contribution >= 0.6 is 7.14 Å². The number of benzene rings is 3. The van der Waals surface area contributed by atoms with Crippen LogP contribution in [0.1, 0.15) is 6.92 Å². The maximum Gasteiger partial charge on any atom is 0.586 e. The molecule has 3 aromatic carbocycles. The molecular weight excluding hydrogens is 385 g/mol. The highest BCUT2D eigenvalue weighted by Crippen LogP contribution is 2.51. The van der Waals surface area contributed by atoms with E-state index >= 15 is 0 Å². The van der Waals surface area contributed by atoms with Crippen molar-refractivity contribution in [1.29, 1.82) is 0 Å². The topological polar surface area (TPSA) is 44.8 Å². The molecule has 3 aromatic rings. The number of rotatable bonds is 5. The Morgan fingerprint density at radius 1 is 0.893 bits per heavy atom. The van der Waals surface area contributed by atoms with E-state index in [0.717, 1.165) is 0 Å². The second kappa shape index (κ2) is 6.95. The number of alkyl halides is 2. The minimum absolute atomic E-state index is 0.0688. The lowest BCUT2D eigenvalue weighted by molar-refractivity contribution is -0.287. The Morgan fingerprint density at radius 3 is 2.00 bits per heavy atom. The van der Waals surface area contributed by atoms with Crippen molar-refractivity contribution in [3.8, 4) is 17.2 Å². The van der Waals surface area contributed by atoms with Gasteiger partial charge in [-0.25, -0.2) is 0 Å². The Morgan fingerprint density at radius 2 is 1.46 bits per heavy atom. The molecule has 0 atom stereocenters. The van der Waals surface area contributed by atoms with Crippen molar-refractivity contribution in [2.75, 3.05) is 6.61 Å². The predicted molar refractivity (Wildman–Crippen MR) is 103 cm³/mol. The first-order valence-electron chi connectivity index (χ1n) is 8.72. The maximum atomic E-state index is 14.4. The summed E-state index contributed by atoms with van der Waals surface area (Å²) in [6.07, 6.45) is -3.80. The van der Waals surface area contributed by atoms with E-state index in [1.807, 2.05) is 12.1 Å². The summed E-state index contributed by atoms with van der Waals surface area (Å²) >= 11 is 0. The molecule has 1 aliphatic heterocycles. The third-order valence-corrected chi connectivity index (χ3v) is 7.39. The van der Waals surface area contributed by atoms with Gasteiger partial charge in [0.2, 0.25) is 5.75 Å². The van der Waals surface area contributed by atoms with Crippen LogP contribution in [0.2, 0.25) is 0 Å². The zero-order valence-electron chi connectivity index (χ0n) is 15.0. The smallest absolute Gasteiger partial charge is 0.490 e. The summed E-state index contributed by atoms with van der Waals surface area (Å²) in [6.45, 7) is 1.95. The summed E-state index contributed by atoms with van der Waals surface area (Å²) in [4.78, 5) is 0. The van der Waals surface area contributed by atoms with Crippen molar-refractivity contribution < 1.29 is 27.6 Å². The fourth-order valence-electron chi connectivity index (χ4n) is 3.17. The van der Waals surface area contributed by atoms with Gasteiger partial charge in [-0.15, -0.1) is 8.78 Å².